The largest absolute Gasteiger partial charge is 0.491 e. The summed E-state index contributed by atoms with van der Waals surface area (Å²) in [5, 5.41) is 2.97. The van der Waals surface area contributed by atoms with Crippen LogP contribution in [0.15, 0.2) is 47.3 Å². The summed E-state index contributed by atoms with van der Waals surface area (Å²) in [7, 11) is 0. The molecule has 1 fully saturated rings. The molecule has 0 radical (unpaired) electrons. The SMILES string of the molecule is Cc1ccc(OC[C@@H](C)NC(=O)N2CCCN(C(=O)c3ccoc3)CC2)cc1. The van der Waals surface area contributed by atoms with E-state index in [4.69, 9.17) is 9.15 Å². The predicted molar refractivity (Wildman–Crippen MR) is 105 cm³/mol. The molecule has 1 aliphatic heterocycles. The van der Waals surface area contributed by atoms with Crippen LogP contribution in [0.2, 0.25) is 0 Å². The number of carbonyl (C=O) groups excluding carboxylic acids is 2. The number of furan rings is 1. The Kier molecular flexibility index (Phi) is 6.57. The molecule has 1 atom stereocenters. The van der Waals surface area contributed by atoms with Crippen molar-refractivity contribution < 1.29 is 18.7 Å². The summed E-state index contributed by atoms with van der Waals surface area (Å²) in [5.41, 5.74) is 1.72. The molecule has 0 unspecified atom stereocenters. The van der Waals surface area contributed by atoms with E-state index in [1.54, 1.807) is 15.9 Å². The number of hydrogen-bond donors (Lipinski definition) is 1. The van der Waals surface area contributed by atoms with E-state index in [0.717, 1.165) is 12.2 Å². The minimum absolute atomic E-state index is 0.0594. The Morgan fingerprint density at radius 1 is 1.11 bits per heavy atom. The Labute approximate surface area is 165 Å². The Morgan fingerprint density at radius 3 is 2.54 bits per heavy atom. The van der Waals surface area contributed by atoms with Crippen molar-refractivity contribution >= 4 is 11.9 Å². The van der Waals surface area contributed by atoms with Crippen LogP contribution in [0.25, 0.3) is 0 Å². The average Bonchev–Trinajstić information content (AvgIpc) is 3.11. The van der Waals surface area contributed by atoms with Gasteiger partial charge in [0.1, 0.15) is 18.6 Å². The lowest BCUT2D eigenvalue weighted by Gasteiger charge is -2.24. The van der Waals surface area contributed by atoms with Crippen LogP contribution in [-0.4, -0.2) is 60.6 Å². The fourth-order valence-corrected chi connectivity index (χ4v) is 3.09. The zero-order valence-corrected chi connectivity index (χ0v) is 16.4. The maximum Gasteiger partial charge on any atom is 0.317 e. The number of amides is 3. The highest BCUT2D eigenvalue weighted by Gasteiger charge is 2.24. The number of ether oxygens (including phenoxy) is 1. The highest BCUT2D eigenvalue weighted by Crippen LogP contribution is 2.12. The van der Waals surface area contributed by atoms with Crippen molar-refractivity contribution in [2.75, 3.05) is 32.8 Å². The second-order valence-corrected chi connectivity index (χ2v) is 7.12. The third-order valence-electron chi connectivity index (χ3n) is 4.73. The smallest absolute Gasteiger partial charge is 0.317 e. The zero-order valence-electron chi connectivity index (χ0n) is 16.4. The van der Waals surface area contributed by atoms with E-state index in [2.05, 4.69) is 5.32 Å². The van der Waals surface area contributed by atoms with E-state index < -0.39 is 0 Å². The summed E-state index contributed by atoms with van der Waals surface area (Å²) in [6.07, 6.45) is 3.68. The lowest BCUT2D eigenvalue weighted by atomic mass is 10.2. The van der Waals surface area contributed by atoms with Gasteiger partial charge in [0.15, 0.2) is 0 Å². The quantitative estimate of drug-likeness (QED) is 0.859. The van der Waals surface area contributed by atoms with Crippen LogP contribution in [0.5, 0.6) is 5.75 Å². The van der Waals surface area contributed by atoms with Crippen molar-refractivity contribution in [1.82, 2.24) is 15.1 Å². The van der Waals surface area contributed by atoms with Gasteiger partial charge in [-0.25, -0.2) is 4.79 Å². The Morgan fingerprint density at radius 2 is 1.82 bits per heavy atom. The molecule has 7 heteroatoms. The standard InChI is InChI=1S/C21H27N3O4/c1-16-4-6-19(7-5-16)28-14-17(2)22-21(26)24-10-3-9-23(11-12-24)20(25)18-8-13-27-15-18/h4-8,13,15,17H,3,9-12,14H2,1-2H3,(H,22,26)/t17-/m1/s1. The molecule has 150 valence electrons. The molecule has 28 heavy (non-hydrogen) atoms. The van der Waals surface area contributed by atoms with Gasteiger partial charge < -0.3 is 24.3 Å². The fourth-order valence-electron chi connectivity index (χ4n) is 3.09. The van der Waals surface area contributed by atoms with E-state index in [1.165, 1.54) is 18.1 Å². The number of benzene rings is 1. The number of aryl methyl sites for hydroxylation is 1. The van der Waals surface area contributed by atoms with Gasteiger partial charge in [-0.3, -0.25) is 4.79 Å². The number of hydrogen-bond acceptors (Lipinski definition) is 4. The molecule has 0 saturated carbocycles. The number of rotatable bonds is 5. The predicted octanol–water partition coefficient (Wildman–Crippen LogP) is 2.91. The van der Waals surface area contributed by atoms with Crippen molar-refractivity contribution in [1.29, 1.82) is 0 Å². The summed E-state index contributed by atoms with van der Waals surface area (Å²) in [4.78, 5) is 28.5. The van der Waals surface area contributed by atoms with Crippen LogP contribution in [0.1, 0.15) is 29.3 Å². The molecule has 2 heterocycles. The van der Waals surface area contributed by atoms with Crippen LogP contribution in [-0.2, 0) is 0 Å². The van der Waals surface area contributed by atoms with Crippen LogP contribution in [0, 0.1) is 6.92 Å². The summed E-state index contributed by atoms with van der Waals surface area (Å²) in [5.74, 6) is 0.728. The highest BCUT2D eigenvalue weighted by molar-refractivity contribution is 5.93. The minimum Gasteiger partial charge on any atom is -0.491 e. The Balaban J connectivity index is 1.45. The summed E-state index contributed by atoms with van der Waals surface area (Å²) >= 11 is 0. The summed E-state index contributed by atoms with van der Waals surface area (Å²) < 4.78 is 10.7. The number of nitrogens with zero attached hydrogens (tertiary/aromatic N) is 2. The van der Waals surface area contributed by atoms with Crippen molar-refractivity contribution in [3.63, 3.8) is 0 Å². The number of carbonyl (C=O) groups is 2. The molecule has 3 amide bonds. The summed E-state index contributed by atoms with van der Waals surface area (Å²) in [6, 6.07) is 9.24. The third-order valence-corrected chi connectivity index (χ3v) is 4.73. The van der Waals surface area contributed by atoms with Crippen LogP contribution in [0.3, 0.4) is 0 Å². The van der Waals surface area contributed by atoms with Gasteiger partial charge >= 0.3 is 6.03 Å². The molecule has 1 aromatic heterocycles. The molecular weight excluding hydrogens is 358 g/mol. The minimum atomic E-state index is -0.127. The van der Waals surface area contributed by atoms with E-state index in [-0.39, 0.29) is 18.0 Å². The first-order chi connectivity index (χ1) is 13.5. The maximum absolute atomic E-state index is 12.6. The molecule has 7 nitrogen and oxygen atoms in total. The summed E-state index contributed by atoms with van der Waals surface area (Å²) in [6.45, 7) is 6.59. The first kappa shape index (κ1) is 19.8. The zero-order chi connectivity index (χ0) is 19.9. The molecule has 1 saturated heterocycles. The molecule has 1 aliphatic rings. The van der Waals surface area contributed by atoms with Gasteiger partial charge in [-0.1, -0.05) is 17.7 Å². The molecule has 1 N–H and O–H groups in total. The second-order valence-electron chi connectivity index (χ2n) is 7.12. The maximum atomic E-state index is 12.6. The van der Waals surface area contributed by atoms with Gasteiger partial charge in [-0.2, -0.15) is 0 Å². The van der Waals surface area contributed by atoms with Crippen molar-refractivity contribution in [2.45, 2.75) is 26.3 Å². The van der Waals surface area contributed by atoms with Crippen LogP contribution >= 0.6 is 0 Å². The van der Waals surface area contributed by atoms with E-state index in [9.17, 15) is 9.59 Å². The molecule has 0 spiro atoms. The van der Waals surface area contributed by atoms with Crippen molar-refractivity contribution in [2.24, 2.45) is 0 Å². The van der Waals surface area contributed by atoms with Gasteiger partial charge in [0.05, 0.1) is 17.9 Å². The number of nitrogens with one attached hydrogen (secondary N) is 1. The van der Waals surface area contributed by atoms with Crippen molar-refractivity contribution in [3.05, 3.63) is 54.0 Å². The Hall–Kier alpha value is -2.96. The van der Waals surface area contributed by atoms with Gasteiger partial charge in [0.2, 0.25) is 0 Å². The molecule has 0 aliphatic carbocycles. The molecule has 2 aromatic rings. The van der Waals surface area contributed by atoms with E-state index >= 15 is 0 Å². The average molecular weight is 385 g/mol. The van der Waals surface area contributed by atoms with Gasteiger partial charge in [0, 0.05) is 26.2 Å². The lowest BCUT2D eigenvalue weighted by molar-refractivity contribution is 0.0761. The van der Waals surface area contributed by atoms with Gasteiger partial charge in [-0.15, -0.1) is 0 Å². The van der Waals surface area contributed by atoms with Gasteiger partial charge in [0.25, 0.3) is 5.91 Å². The topological polar surface area (TPSA) is 75.0 Å². The fraction of sp³-hybridized carbons (Fsp3) is 0.429. The Bertz CT molecular complexity index is 773. The molecule has 1 aromatic carbocycles. The van der Waals surface area contributed by atoms with E-state index in [1.807, 2.05) is 38.1 Å². The van der Waals surface area contributed by atoms with E-state index in [0.29, 0.717) is 38.3 Å². The molecule has 0 bridgehead atoms. The first-order valence-corrected chi connectivity index (χ1v) is 9.59. The second kappa shape index (κ2) is 9.30. The molecule has 3 rings (SSSR count). The molecular formula is C21H27N3O4. The highest BCUT2D eigenvalue weighted by atomic mass is 16.5. The third kappa shape index (κ3) is 5.28. The van der Waals surface area contributed by atoms with Crippen molar-refractivity contribution in [3.8, 4) is 5.75 Å². The monoisotopic (exact) mass is 385 g/mol. The first-order valence-electron chi connectivity index (χ1n) is 9.59. The van der Waals surface area contributed by atoms with Gasteiger partial charge in [-0.05, 0) is 38.5 Å². The van der Waals surface area contributed by atoms with Crippen LogP contribution < -0.4 is 10.1 Å². The number of urea groups is 1. The van der Waals surface area contributed by atoms with Crippen LogP contribution in [0.4, 0.5) is 4.79 Å². The lowest BCUT2D eigenvalue weighted by Crippen LogP contribution is -2.47. The normalized spacial score (nSPS) is 15.6.